The lowest BCUT2D eigenvalue weighted by Gasteiger charge is -2.03. The van der Waals surface area contributed by atoms with Gasteiger partial charge >= 0.3 is 0 Å². The monoisotopic (exact) mass is 221 g/mol. The fourth-order valence-electron chi connectivity index (χ4n) is 1.30. The summed E-state index contributed by atoms with van der Waals surface area (Å²) >= 11 is 0. The maximum Gasteiger partial charge on any atom is 0.0284 e. The third-order valence-corrected chi connectivity index (χ3v) is 1.95. The molecule has 1 aromatic rings. The molecule has 0 atom stereocenters. The van der Waals surface area contributed by atoms with Gasteiger partial charge in [0.25, 0.3) is 0 Å². The molecule has 0 aliphatic rings. The maximum absolute atomic E-state index is 4.03. The van der Waals surface area contributed by atoms with Crippen LogP contribution in [0.15, 0.2) is 23.2 Å². The highest BCUT2D eigenvalue weighted by atomic mass is 14.6. The summed E-state index contributed by atoms with van der Waals surface area (Å²) in [5.41, 5.74) is 3.91. The molecule has 0 unspecified atom stereocenters. The van der Waals surface area contributed by atoms with Crippen LogP contribution in [0.2, 0.25) is 0 Å². The van der Waals surface area contributed by atoms with Gasteiger partial charge in [-0.3, -0.25) is 4.99 Å². The van der Waals surface area contributed by atoms with Crippen molar-refractivity contribution in [1.82, 2.24) is 0 Å². The van der Waals surface area contributed by atoms with Crippen molar-refractivity contribution in [2.24, 2.45) is 4.99 Å². The molecule has 0 spiro atoms. The molecule has 1 rings (SSSR count). The van der Waals surface area contributed by atoms with E-state index in [9.17, 15) is 0 Å². The lowest BCUT2D eigenvalue weighted by Crippen LogP contribution is -1.91. The van der Waals surface area contributed by atoms with Crippen LogP contribution in [-0.4, -0.2) is 13.3 Å². The lowest BCUT2D eigenvalue weighted by molar-refractivity contribution is 1.13. The first-order valence-electron chi connectivity index (χ1n) is 6.29. The first-order valence-corrected chi connectivity index (χ1v) is 6.29. The molecule has 1 heteroatoms. The van der Waals surface area contributed by atoms with E-state index in [1.54, 1.807) is 0 Å². The average Bonchev–Trinajstić information content (AvgIpc) is 2.35. The second-order valence-corrected chi connectivity index (χ2v) is 2.94. The SMILES string of the molecule is CC.CC.CCc1ccc(C)cc1C=NC. The van der Waals surface area contributed by atoms with Gasteiger partial charge in [0.05, 0.1) is 0 Å². The zero-order chi connectivity index (χ0) is 13.0. The van der Waals surface area contributed by atoms with E-state index in [0.717, 1.165) is 6.42 Å². The second kappa shape index (κ2) is 12.0. The number of hydrogen-bond acceptors (Lipinski definition) is 1. The van der Waals surface area contributed by atoms with Crippen LogP contribution in [0.25, 0.3) is 0 Å². The standard InChI is InChI=1S/C11H15N.2C2H6/c1-4-10-6-5-9(2)7-11(10)8-12-3;2*1-2/h5-8H,4H2,1-3H3;2*1-2H3. The van der Waals surface area contributed by atoms with Crippen molar-refractivity contribution in [2.75, 3.05) is 7.05 Å². The molecule has 1 aromatic carbocycles. The fraction of sp³-hybridized carbons (Fsp3) is 0.533. The Hall–Kier alpha value is -1.11. The summed E-state index contributed by atoms with van der Waals surface area (Å²) in [6, 6.07) is 6.49. The molecule has 0 aliphatic carbocycles. The molecule has 0 saturated carbocycles. The number of hydrogen-bond donors (Lipinski definition) is 0. The van der Waals surface area contributed by atoms with Crippen molar-refractivity contribution in [1.29, 1.82) is 0 Å². The van der Waals surface area contributed by atoms with Crippen LogP contribution in [0.3, 0.4) is 0 Å². The molecular formula is C15H27N. The Morgan fingerprint density at radius 1 is 1.12 bits per heavy atom. The molecule has 16 heavy (non-hydrogen) atoms. The van der Waals surface area contributed by atoms with Crippen molar-refractivity contribution < 1.29 is 0 Å². The summed E-state index contributed by atoms with van der Waals surface area (Å²) in [4.78, 5) is 4.03. The minimum Gasteiger partial charge on any atom is -0.296 e. The normalized spacial score (nSPS) is 8.94. The van der Waals surface area contributed by atoms with E-state index in [0.29, 0.717) is 0 Å². The third-order valence-electron chi connectivity index (χ3n) is 1.95. The summed E-state index contributed by atoms with van der Waals surface area (Å²) < 4.78 is 0. The molecular weight excluding hydrogens is 194 g/mol. The second-order valence-electron chi connectivity index (χ2n) is 2.94. The van der Waals surface area contributed by atoms with Crippen LogP contribution < -0.4 is 0 Å². The van der Waals surface area contributed by atoms with Crippen LogP contribution in [-0.2, 0) is 6.42 Å². The first kappa shape index (κ1) is 17.3. The molecule has 1 nitrogen and oxygen atoms in total. The van der Waals surface area contributed by atoms with Crippen molar-refractivity contribution >= 4 is 6.21 Å². The van der Waals surface area contributed by atoms with Gasteiger partial charge in [-0.05, 0) is 24.5 Å². The summed E-state index contributed by atoms with van der Waals surface area (Å²) in [5, 5.41) is 0. The molecule has 92 valence electrons. The van der Waals surface area contributed by atoms with Gasteiger partial charge in [-0.2, -0.15) is 0 Å². The summed E-state index contributed by atoms with van der Waals surface area (Å²) in [5.74, 6) is 0. The van der Waals surface area contributed by atoms with Crippen LogP contribution in [0, 0.1) is 6.92 Å². The lowest BCUT2D eigenvalue weighted by atomic mass is 10.0. The number of nitrogens with zero attached hydrogens (tertiary/aromatic N) is 1. The zero-order valence-electron chi connectivity index (χ0n) is 12.0. The Morgan fingerprint density at radius 2 is 1.69 bits per heavy atom. The van der Waals surface area contributed by atoms with Gasteiger partial charge in [0.2, 0.25) is 0 Å². The minimum atomic E-state index is 1.07. The van der Waals surface area contributed by atoms with Crippen molar-refractivity contribution in [2.45, 2.75) is 48.0 Å². The van der Waals surface area contributed by atoms with Gasteiger partial charge in [-0.15, -0.1) is 0 Å². The van der Waals surface area contributed by atoms with E-state index in [4.69, 9.17) is 0 Å². The average molecular weight is 221 g/mol. The van der Waals surface area contributed by atoms with E-state index in [-0.39, 0.29) is 0 Å². The summed E-state index contributed by atoms with van der Waals surface area (Å²) in [6.07, 6.45) is 2.99. The van der Waals surface area contributed by atoms with Gasteiger partial charge in [-0.25, -0.2) is 0 Å². The Morgan fingerprint density at radius 3 is 2.12 bits per heavy atom. The van der Waals surface area contributed by atoms with Crippen molar-refractivity contribution in [3.63, 3.8) is 0 Å². The molecule has 0 heterocycles. The quantitative estimate of drug-likeness (QED) is 0.644. The molecule has 0 radical (unpaired) electrons. The smallest absolute Gasteiger partial charge is 0.0284 e. The van der Waals surface area contributed by atoms with Crippen LogP contribution >= 0.6 is 0 Å². The fourth-order valence-corrected chi connectivity index (χ4v) is 1.30. The Balaban J connectivity index is 0. The van der Waals surface area contributed by atoms with Crippen LogP contribution in [0.5, 0.6) is 0 Å². The van der Waals surface area contributed by atoms with Gasteiger partial charge in [0.15, 0.2) is 0 Å². The highest BCUT2D eigenvalue weighted by molar-refractivity contribution is 5.81. The predicted octanol–water partition coefficient (Wildman–Crippen LogP) is 4.66. The predicted molar refractivity (Wildman–Crippen MR) is 76.8 cm³/mol. The molecule has 0 N–H and O–H groups in total. The first-order chi connectivity index (χ1) is 7.77. The van der Waals surface area contributed by atoms with Gasteiger partial charge in [-0.1, -0.05) is 58.4 Å². The van der Waals surface area contributed by atoms with E-state index in [1.165, 1.54) is 16.7 Å². The molecule has 0 amide bonds. The molecule has 0 fully saturated rings. The van der Waals surface area contributed by atoms with E-state index < -0.39 is 0 Å². The number of benzene rings is 1. The van der Waals surface area contributed by atoms with E-state index in [1.807, 2.05) is 41.0 Å². The molecule has 0 bridgehead atoms. The molecule has 0 aliphatic heterocycles. The van der Waals surface area contributed by atoms with Gasteiger partial charge < -0.3 is 0 Å². The minimum absolute atomic E-state index is 1.07. The Kier molecular flexibility index (Phi) is 12.9. The van der Waals surface area contributed by atoms with E-state index in [2.05, 4.69) is 37.0 Å². The Bertz CT molecular complexity index is 287. The zero-order valence-corrected chi connectivity index (χ0v) is 12.0. The largest absolute Gasteiger partial charge is 0.296 e. The highest BCUT2D eigenvalue weighted by Crippen LogP contribution is 2.10. The third kappa shape index (κ3) is 6.39. The van der Waals surface area contributed by atoms with Crippen molar-refractivity contribution in [3.05, 3.63) is 34.9 Å². The number of aliphatic imine (C=N–C) groups is 1. The summed E-state index contributed by atoms with van der Waals surface area (Å²) in [7, 11) is 1.81. The molecule has 0 aromatic heterocycles. The maximum atomic E-state index is 4.03. The highest BCUT2D eigenvalue weighted by Gasteiger charge is 1.96. The number of rotatable bonds is 2. The summed E-state index contributed by atoms with van der Waals surface area (Å²) in [6.45, 7) is 12.3. The Labute approximate surface area is 102 Å². The van der Waals surface area contributed by atoms with E-state index >= 15 is 0 Å². The van der Waals surface area contributed by atoms with Crippen LogP contribution in [0.1, 0.15) is 51.3 Å². The number of aryl methyl sites for hydroxylation is 2. The van der Waals surface area contributed by atoms with Crippen LogP contribution in [0.4, 0.5) is 0 Å². The topological polar surface area (TPSA) is 12.4 Å². The van der Waals surface area contributed by atoms with Gasteiger partial charge in [0.1, 0.15) is 0 Å². The van der Waals surface area contributed by atoms with Gasteiger partial charge in [0, 0.05) is 13.3 Å². The van der Waals surface area contributed by atoms with Crippen molar-refractivity contribution in [3.8, 4) is 0 Å². The molecule has 0 saturated heterocycles.